The average Bonchev–Trinajstić information content (AvgIpc) is 2.86. The van der Waals surface area contributed by atoms with Crippen LogP contribution >= 0.6 is 0 Å². The first kappa shape index (κ1) is 27.6. The number of anilines is 1. The monoisotopic (exact) mass is 516 g/mol. The third kappa shape index (κ3) is 6.17. The van der Waals surface area contributed by atoms with E-state index in [9.17, 15) is 18.0 Å². The van der Waals surface area contributed by atoms with Crippen molar-refractivity contribution in [1.29, 1.82) is 0 Å². The molecular formula is C24H22B3F3N6O2. The lowest BCUT2D eigenvalue weighted by atomic mass is 9.41. The highest BCUT2D eigenvalue weighted by atomic mass is 19.4. The van der Waals surface area contributed by atoms with E-state index in [0.29, 0.717) is 5.56 Å². The maximum atomic E-state index is 14.0. The number of rotatable bonds is 6. The molecule has 1 fully saturated rings. The number of halogens is 3. The van der Waals surface area contributed by atoms with E-state index in [0.717, 1.165) is 12.3 Å². The van der Waals surface area contributed by atoms with E-state index in [-0.39, 0.29) is 42.2 Å². The number of aromatic nitrogens is 4. The molecule has 0 aromatic carbocycles. The molecule has 3 atom stereocenters. The normalized spacial score (nSPS) is 20.2. The quantitative estimate of drug-likeness (QED) is 0.504. The Morgan fingerprint density at radius 3 is 2.42 bits per heavy atom. The van der Waals surface area contributed by atoms with Gasteiger partial charge in [-0.2, -0.15) is 13.2 Å². The second-order valence-electron chi connectivity index (χ2n) is 9.09. The van der Waals surface area contributed by atoms with Crippen LogP contribution in [0.25, 0.3) is 11.4 Å². The molecule has 38 heavy (non-hydrogen) atoms. The van der Waals surface area contributed by atoms with E-state index in [4.69, 9.17) is 28.3 Å². The fourth-order valence-electron chi connectivity index (χ4n) is 4.17. The highest BCUT2D eigenvalue weighted by Crippen LogP contribution is 2.30. The van der Waals surface area contributed by atoms with Gasteiger partial charge in [0.2, 0.25) is 0 Å². The molecule has 1 saturated heterocycles. The number of alkyl halides is 3. The summed E-state index contributed by atoms with van der Waals surface area (Å²) < 4.78 is 44.6. The Bertz CT molecular complexity index is 1280. The molecular weight excluding hydrogens is 494 g/mol. The van der Waals surface area contributed by atoms with E-state index in [1.165, 1.54) is 24.5 Å². The second kappa shape index (κ2) is 10.8. The van der Waals surface area contributed by atoms with Gasteiger partial charge in [-0.1, -0.05) is 5.11 Å². The second-order valence-corrected chi connectivity index (χ2v) is 9.09. The van der Waals surface area contributed by atoms with Gasteiger partial charge in [-0.05, 0) is 44.2 Å². The van der Waals surface area contributed by atoms with E-state index in [2.05, 4.69) is 25.3 Å². The summed E-state index contributed by atoms with van der Waals surface area (Å²) in [5, 5.41) is 1.20. The fraction of sp³-hybridized carbons (Fsp3) is 0.375. The zero-order valence-corrected chi connectivity index (χ0v) is 20.7. The smallest absolute Gasteiger partial charge is 0.372 e. The van der Waals surface area contributed by atoms with Crippen LogP contribution < -0.4 is 5.32 Å². The van der Waals surface area contributed by atoms with Gasteiger partial charge < -0.3 is 15.0 Å². The maximum absolute atomic E-state index is 14.0. The fourth-order valence-corrected chi connectivity index (χ4v) is 4.17. The van der Waals surface area contributed by atoms with E-state index in [1.54, 1.807) is 24.0 Å². The molecule has 4 heterocycles. The predicted octanol–water partition coefficient (Wildman–Crippen LogP) is 2.30. The van der Waals surface area contributed by atoms with E-state index >= 15 is 0 Å². The maximum Gasteiger partial charge on any atom is 0.417 e. The number of morpholine rings is 1. The molecule has 6 radical (unpaired) electrons. The number of pyridine rings is 2. The van der Waals surface area contributed by atoms with Gasteiger partial charge in [-0.3, -0.25) is 4.79 Å². The molecule has 3 unspecified atom stereocenters. The molecule has 3 aromatic rings. The highest BCUT2D eigenvalue weighted by Gasteiger charge is 2.38. The number of hydrogen-bond acceptors (Lipinski definition) is 7. The minimum absolute atomic E-state index is 0.00150. The summed E-state index contributed by atoms with van der Waals surface area (Å²) in [7, 11) is 17.5. The Morgan fingerprint density at radius 1 is 1.11 bits per heavy atom. The van der Waals surface area contributed by atoms with Crippen molar-refractivity contribution in [2.75, 3.05) is 18.4 Å². The Labute approximate surface area is 222 Å². The van der Waals surface area contributed by atoms with Crippen LogP contribution in [0.4, 0.5) is 19.0 Å². The standard InChI is InChI=1S/C24H22B3F3N6O2/c1-13-12-36(17(14(2)38-13)11-34-19-7-4-15(10-33-19)24(28,29)30)22(37)20-16(21-31-8-3-9-32-21)5-6-18(35-20)23(25,26)27/h3-10,13-14,17H,11-12H2,1-2H3,(H,33,34). The van der Waals surface area contributed by atoms with Crippen molar-refractivity contribution in [1.82, 2.24) is 24.8 Å². The third-order valence-electron chi connectivity index (χ3n) is 6.04. The summed E-state index contributed by atoms with van der Waals surface area (Å²) in [5.74, 6) is 0.0196. The number of ether oxygens (including phenoxy) is 1. The van der Waals surface area contributed by atoms with Gasteiger partial charge in [-0.25, -0.2) is 19.9 Å². The number of hydrogen-bond donors (Lipinski definition) is 1. The molecule has 190 valence electrons. The van der Waals surface area contributed by atoms with Gasteiger partial charge in [0.1, 0.15) is 11.5 Å². The molecule has 14 heteroatoms. The number of amides is 1. The Morgan fingerprint density at radius 2 is 1.82 bits per heavy atom. The zero-order chi connectivity index (χ0) is 27.7. The summed E-state index contributed by atoms with van der Waals surface area (Å²) in [6.07, 6.45) is -1.41. The van der Waals surface area contributed by atoms with Crippen LogP contribution in [-0.2, 0) is 16.0 Å². The first-order valence-corrected chi connectivity index (χ1v) is 11.7. The molecule has 0 saturated carbocycles. The molecule has 1 aliphatic rings. The lowest BCUT2D eigenvalue weighted by molar-refractivity contribution is -0.137. The highest BCUT2D eigenvalue weighted by molar-refractivity contribution is 6.58. The molecule has 4 rings (SSSR count). The van der Waals surface area contributed by atoms with Gasteiger partial charge in [0.15, 0.2) is 5.82 Å². The van der Waals surface area contributed by atoms with Crippen LogP contribution in [0.1, 0.15) is 35.6 Å². The van der Waals surface area contributed by atoms with Gasteiger partial charge in [0.25, 0.3) is 5.91 Å². The Hall–Kier alpha value is -3.41. The number of nitrogens with zero attached hydrogens (tertiary/aromatic N) is 5. The van der Waals surface area contributed by atoms with Crippen LogP contribution in [0.15, 0.2) is 48.9 Å². The predicted molar refractivity (Wildman–Crippen MR) is 137 cm³/mol. The first-order valence-electron chi connectivity index (χ1n) is 11.7. The van der Waals surface area contributed by atoms with Gasteiger partial charge >= 0.3 is 6.18 Å². The molecule has 3 aromatic heterocycles. The Kier molecular flexibility index (Phi) is 7.82. The molecule has 0 aliphatic carbocycles. The van der Waals surface area contributed by atoms with Crippen molar-refractivity contribution in [2.45, 2.75) is 43.4 Å². The van der Waals surface area contributed by atoms with Crippen LogP contribution in [0.5, 0.6) is 0 Å². The largest absolute Gasteiger partial charge is 0.417 e. The molecule has 1 aliphatic heterocycles. The SMILES string of the molecule is [B]C([B])([B])c1ccc(-c2ncccn2)c(C(=O)N2CC(C)OC(C)C2CNc2ccc(C(F)(F)F)cn2)n1. The van der Waals surface area contributed by atoms with Crippen molar-refractivity contribution >= 4 is 35.3 Å². The van der Waals surface area contributed by atoms with Crippen LogP contribution in [-0.4, -0.2) is 85.6 Å². The molecule has 1 N–H and O–H groups in total. The topological polar surface area (TPSA) is 93.1 Å². The summed E-state index contributed by atoms with van der Waals surface area (Å²) in [6, 6.07) is 6.35. The Balaban J connectivity index is 1.66. The van der Waals surface area contributed by atoms with Gasteiger partial charge in [0, 0.05) is 37.4 Å². The average molecular weight is 516 g/mol. The molecule has 0 bridgehead atoms. The lowest BCUT2D eigenvalue weighted by Crippen LogP contribution is -2.58. The summed E-state index contributed by atoms with van der Waals surface area (Å²) in [4.78, 5) is 32.3. The molecule has 0 spiro atoms. The van der Waals surface area contributed by atoms with Crippen molar-refractivity contribution in [2.24, 2.45) is 0 Å². The number of carbonyl (C=O) groups excluding carboxylic acids is 1. The summed E-state index contributed by atoms with van der Waals surface area (Å²) in [5.41, 5.74) is -0.427. The van der Waals surface area contributed by atoms with E-state index < -0.39 is 34.9 Å². The zero-order valence-electron chi connectivity index (χ0n) is 20.7. The number of nitrogens with one attached hydrogen (secondary N) is 1. The van der Waals surface area contributed by atoms with Crippen LogP contribution in [0, 0.1) is 0 Å². The van der Waals surface area contributed by atoms with Gasteiger partial charge in [-0.15, -0.1) is 0 Å². The third-order valence-corrected chi connectivity index (χ3v) is 6.04. The van der Waals surface area contributed by atoms with Crippen LogP contribution in [0.3, 0.4) is 0 Å². The minimum atomic E-state index is -4.49. The lowest BCUT2D eigenvalue weighted by Gasteiger charge is -2.43. The van der Waals surface area contributed by atoms with Crippen molar-refractivity contribution < 1.29 is 22.7 Å². The van der Waals surface area contributed by atoms with Crippen molar-refractivity contribution in [3.05, 3.63) is 65.9 Å². The van der Waals surface area contributed by atoms with Crippen molar-refractivity contribution in [3.8, 4) is 11.4 Å². The number of carbonyl (C=O) groups is 1. The van der Waals surface area contributed by atoms with Crippen molar-refractivity contribution in [3.63, 3.8) is 0 Å². The molecule has 8 nitrogen and oxygen atoms in total. The summed E-state index contributed by atoms with van der Waals surface area (Å²) >= 11 is 0. The van der Waals surface area contributed by atoms with E-state index in [1.807, 2.05) is 6.92 Å². The summed E-state index contributed by atoms with van der Waals surface area (Å²) in [6.45, 7) is 3.99. The molecule has 1 amide bonds. The first-order chi connectivity index (χ1) is 17.8. The van der Waals surface area contributed by atoms with Gasteiger partial charge in [0.05, 0.1) is 52.9 Å². The van der Waals surface area contributed by atoms with Crippen LogP contribution in [0.2, 0.25) is 0 Å². The minimum Gasteiger partial charge on any atom is -0.372 e.